The molecule has 0 aromatic heterocycles. The monoisotopic (exact) mass is 197 g/mol. The standard InChI is InChI=1S/C13H27N/c1-11(2)9-14-10-12-5-7-13(3,4)8-6-12/h11-12,14H,5-10H2,1-4H3. The minimum atomic E-state index is 0.620. The first-order valence-corrected chi connectivity index (χ1v) is 6.20. The molecule has 0 atom stereocenters. The van der Waals surface area contributed by atoms with Gasteiger partial charge in [0.2, 0.25) is 0 Å². The fourth-order valence-corrected chi connectivity index (χ4v) is 2.24. The molecule has 0 heterocycles. The van der Waals surface area contributed by atoms with Crippen molar-refractivity contribution in [2.45, 2.75) is 53.4 Å². The second kappa shape index (κ2) is 5.16. The third kappa shape index (κ3) is 4.45. The van der Waals surface area contributed by atoms with Crippen LogP contribution in [0.3, 0.4) is 0 Å². The SMILES string of the molecule is CC(C)CNCC1CCC(C)(C)CC1. The molecule has 1 nitrogen and oxygen atoms in total. The van der Waals surface area contributed by atoms with Crippen LogP contribution in [0.2, 0.25) is 0 Å². The van der Waals surface area contributed by atoms with Crippen molar-refractivity contribution in [1.82, 2.24) is 5.32 Å². The molecule has 1 aliphatic rings. The van der Waals surface area contributed by atoms with E-state index in [0.29, 0.717) is 5.41 Å². The van der Waals surface area contributed by atoms with E-state index in [1.165, 1.54) is 38.8 Å². The van der Waals surface area contributed by atoms with E-state index in [-0.39, 0.29) is 0 Å². The van der Waals surface area contributed by atoms with Crippen molar-refractivity contribution < 1.29 is 0 Å². The van der Waals surface area contributed by atoms with Gasteiger partial charge in [0, 0.05) is 0 Å². The molecule has 1 heteroatoms. The highest BCUT2D eigenvalue weighted by Crippen LogP contribution is 2.37. The summed E-state index contributed by atoms with van der Waals surface area (Å²) in [4.78, 5) is 0. The lowest BCUT2D eigenvalue weighted by atomic mass is 9.73. The van der Waals surface area contributed by atoms with Crippen LogP contribution in [-0.4, -0.2) is 13.1 Å². The molecule has 0 amide bonds. The van der Waals surface area contributed by atoms with E-state index in [1.807, 2.05) is 0 Å². The number of hydrogen-bond acceptors (Lipinski definition) is 1. The van der Waals surface area contributed by atoms with Crippen molar-refractivity contribution in [3.05, 3.63) is 0 Å². The molecule has 0 radical (unpaired) electrons. The van der Waals surface area contributed by atoms with Crippen molar-refractivity contribution >= 4 is 0 Å². The Bertz CT molecular complexity index is 151. The first kappa shape index (κ1) is 12.0. The summed E-state index contributed by atoms with van der Waals surface area (Å²) in [7, 11) is 0. The van der Waals surface area contributed by atoms with Crippen molar-refractivity contribution in [1.29, 1.82) is 0 Å². The predicted octanol–water partition coefficient (Wildman–Crippen LogP) is 3.45. The summed E-state index contributed by atoms with van der Waals surface area (Å²) in [6, 6.07) is 0. The zero-order chi connectivity index (χ0) is 10.6. The molecule has 1 rings (SSSR count). The smallest absolute Gasteiger partial charge is 0.00204 e. The van der Waals surface area contributed by atoms with Crippen LogP contribution in [0.5, 0.6) is 0 Å². The van der Waals surface area contributed by atoms with Gasteiger partial charge in [-0.1, -0.05) is 27.7 Å². The quantitative estimate of drug-likeness (QED) is 0.728. The minimum absolute atomic E-state index is 0.620. The van der Waals surface area contributed by atoms with Gasteiger partial charge in [-0.25, -0.2) is 0 Å². The van der Waals surface area contributed by atoms with Crippen molar-refractivity contribution in [3.63, 3.8) is 0 Å². The zero-order valence-corrected chi connectivity index (χ0v) is 10.4. The Hall–Kier alpha value is -0.0400. The van der Waals surface area contributed by atoms with Crippen LogP contribution in [0, 0.1) is 17.3 Å². The normalized spacial score (nSPS) is 22.9. The van der Waals surface area contributed by atoms with Crippen LogP contribution in [0.15, 0.2) is 0 Å². The third-order valence-corrected chi connectivity index (χ3v) is 3.44. The molecular formula is C13H27N. The summed E-state index contributed by atoms with van der Waals surface area (Å²) in [6.07, 6.45) is 5.69. The molecule has 0 aromatic carbocycles. The fourth-order valence-electron chi connectivity index (χ4n) is 2.24. The van der Waals surface area contributed by atoms with Crippen LogP contribution >= 0.6 is 0 Å². The highest BCUT2D eigenvalue weighted by molar-refractivity contribution is 4.79. The average Bonchev–Trinajstić information content (AvgIpc) is 2.07. The molecule has 1 fully saturated rings. The summed E-state index contributed by atoms with van der Waals surface area (Å²) in [5, 5.41) is 3.58. The van der Waals surface area contributed by atoms with E-state index in [9.17, 15) is 0 Å². The van der Waals surface area contributed by atoms with Gasteiger partial charge in [-0.2, -0.15) is 0 Å². The molecule has 0 spiro atoms. The summed E-state index contributed by atoms with van der Waals surface area (Å²) < 4.78 is 0. The van der Waals surface area contributed by atoms with E-state index in [2.05, 4.69) is 33.0 Å². The van der Waals surface area contributed by atoms with Crippen molar-refractivity contribution in [2.75, 3.05) is 13.1 Å². The van der Waals surface area contributed by atoms with Crippen LogP contribution in [0.25, 0.3) is 0 Å². The third-order valence-electron chi connectivity index (χ3n) is 3.44. The summed E-state index contributed by atoms with van der Waals surface area (Å²) >= 11 is 0. The lowest BCUT2D eigenvalue weighted by Gasteiger charge is -2.34. The molecule has 1 saturated carbocycles. The fraction of sp³-hybridized carbons (Fsp3) is 1.00. The molecule has 0 unspecified atom stereocenters. The van der Waals surface area contributed by atoms with Crippen LogP contribution in [0.4, 0.5) is 0 Å². The van der Waals surface area contributed by atoms with Gasteiger partial charge in [0.15, 0.2) is 0 Å². The molecule has 0 aliphatic heterocycles. The summed E-state index contributed by atoms with van der Waals surface area (Å²) in [5.41, 5.74) is 0.620. The van der Waals surface area contributed by atoms with Gasteiger partial charge in [-0.3, -0.25) is 0 Å². The Labute approximate surface area is 89.7 Å². The molecule has 14 heavy (non-hydrogen) atoms. The van der Waals surface area contributed by atoms with Gasteiger partial charge in [0.1, 0.15) is 0 Å². The highest BCUT2D eigenvalue weighted by Gasteiger charge is 2.26. The summed E-state index contributed by atoms with van der Waals surface area (Å²) in [5.74, 6) is 1.73. The summed E-state index contributed by atoms with van der Waals surface area (Å²) in [6.45, 7) is 11.8. The molecule has 0 bridgehead atoms. The van der Waals surface area contributed by atoms with Gasteiger partial charge < -0.3 is 5.32 Å². The van der Waals surface area contributed by atoms with Gasteiger partial charge in [-0.15, -0.1) is 0 Å². The Morgan fingerprint density at radius 3 is 2.29 bits per heavy atom. The lowest BCUT2D eigenvalue weighted by Crippen LogP contribution is -2.30. The molecule has 1 aliphatic carbocycles. The van der Waals surface area contributed by atoms with Gasteiger partial charge in [-0.05, 0) is 56.0 Å². The topological polar surface area (TPSA) is 12.0 Å². The Balaban J connectivity index is 2.10. The number of rotatable bonds is 4. The van der Waals surface area contributed by atoms with Gasteiger partial charge in [0.25, 0.3) is 0 Å². The predicted molar refractivity (Wildman–Crippen MR) is 63.4 cm³/mol. The van der Waals surface area contributed by atoms with Crippen molar-refractivity contribution in [2.24, 2.45) is 17.3 Å². The van der Waals surface area contributed by atoms with E-state index < -0.39 is 0 Å². The highest BCUT2D eigenvalue weighted by atomic mass is 14.9. The second-order valence-electron chi connectivity index (χ2n) is 6.16. The largest absolute Gasteiger partial charge is 0.316 e. The van der Waals surface area contributed by atoms with Crippen LogP contribution < -0.4 is 5.32 Å². The zero-order valence-electron chi connectivity index (χ0n) is 10.4. The number of nitrogens with one attached hydrogen (secondary N) is 1. The molecule has 0 aromatic rings. The second-order valence-corrected chi connectivity index (χ2v) is 6.16. The van der Waals surface area contributed by atoms with Gasteiger partial charge >= 0.3 is 0 Å². The van der Waals surface area contributed by atoms with Crippen molar-refractivity contribution in [3.8, 4) is 0 Å². The Morgan fingerprint density at radius 2 is 1.79 bits per heavy atom. The molecular weight excluding hydrogens is 170 g/mol. The maximum Gasteiger partial charge on any atom is -0.00204 e. The van der Waals surface area contributed by atoms with E-state index >= 15 is 0 Å². The minimum Gasteiger partial charge on any atom is -0.316 e. The van der Waals surface area contributed by atoms with E-state index in [4.69, 9.17) is 0 Å². The Morgan fingerprint density at radius 1 is 1.21 bits per heavy atom. The van der Waals surface area contributed by atoms with Crippen LogP contribution in [0.1, 0.15) is 53.4 Å². The number of hydrogen-bond donors (Lipinski definition) is 1. The Kier molecular flexibility index (Phi) is 4.43. The van der Waals surface area contributed by atoms with E-state index in [0.717, 1.165) is 11.8 Å². The van der Waals surface area contributed by atoms with Crippen LogP contribution in [-0.2, 0) is 0 Å². The lowest BCUT2D eigenvalue weighted by molar-refractivity contribution is 0.188. The maximum absolute atomic E-state index is 3.58. The van der Waals surface area contributed by atoms with Gasteiger partial charge in [0.05, 0.1) is 0 Å². The molecule has 0 saturated heterocycles. The molecule has 84 valence electrons. The molecule has 1 N–H and O–H groups in total. The first-order valence-electron chi connectivity index (χ1n) is 6.20. The maximum atomic E-state index is 3.58. The van der Waals surface area contributed by atoms with E-state index in [1.54, 1.807) is 0 Å². The average molecular weight is 197 g/mol. The first-order chi connectivity index (χ1) is 6.49.